The van der Waals surface area contributed by atoms with E-state index in [4.69, 9.17) is 5.41 Å². The Labute approximate surface area is 124 Å². The van der Waals surface area contributed by atoms with E-state index in [1.54, 1.807) is 0 Å². The number of hydrogen-bond donors (Lipinski definition) is 1. The second kappa shape index (κ2) is 11.0. The van der Waals surface area contributed by atoms with Crippen LogP contribution in [-0.4, -0.2) is 5.71 Å². The fraction of sp³-hybridized carbons (Fsp3) is 0.316. The van der Waals surface area contributed by atoms with Crippen LogP contribution >= 0.6 is 0 Å². The van der Waals surface area contributed by atoms with Gasteiger partial charge in [-0.25, -0.2) is 0 Å². The highest BCUT2D eigenvalue weighted by Crippen LogP contribution is 2.14. The lowest BCUT2D eigenvalue weighted by Crippen LogP contribution is -1.98. The van der Waals surface area contributed by atoms with Crippen LogP contribution in [0.25, 0.3) is 0 Å². The monoisotopic (exact) mass is 269 g/mol. The largest absolute Gasteiger partial charge is 0.300 e. The number of benzene rings is 1. The molecule has 1 N–H and O–H groups in total. The van der Waals surface area contributed by atoms with Gasteiger partial charge in [0.1, 0.15) is 0 Å². The lowest BCUT2D eigenvalue weighted by Gasteiger charge is -2.01. The van der Waals surface area contributed by atoms with Crippen LogP contribution in [0.5, 0.6) is 0 Å². The highest BCUT2D eigenvalue weighted by atomic mass is 14.4. The molecule has 0 aliphatic heterocycles. The molecule has 0 spiro atoms. The first-order valence-electron chi connectivity index (χ1n) is 7.25. The van der Waals surface area contributed by atoms with E-state index < -0.39 is 0 Å². The molecule has 0 heterocycles. The second-order valence-corrected chi connectivity index (χ2v) is 4.30. The van der Waals surface area contributed by atoms with Gasteiger partial charge in [0.15, 0.2) is 0 Å². The van der Waals surface area contributed by atoms with E-state index in [1.807, 2.05) is 58.0 Å². The molecular weight excluding hydrogens is 242 g/mol. The summed E-state index contributed by atoms with van der Waals surface area (Å²) < 4.78 is 0. The molecule has 0 saturated heterocycles. The van der Waals surface area contributed by atoms with E-state index in [-0.39, 0.29) is 0 Å². The van der Waals surface area contributed by atoms with Gasteiger partial charge in [-0.1, -0.05) is 74.0 Å². The Morgan fingerprint density at radius 2 is 1.75 bits per heavy atom. The van der Waals surface area contributed by atoms with Gasteiger partial charge in [-0.3, -0.25) is 0 Å². The summed E-state index contributed by atoms with van der Waals surface area (Å²) in [5.41, 5.74) is 4.08. The summed E-state index contributed by atoms with van der Waals surface area (Å²) in [7, 11) is 0. The molecule has 20 heavy (non-hydrogen) atoms. The van der Waals surface area contributed by atoms with Crippen molar-refractivity contribution in [2.45, 2.75) is 41.0 Å². The van der Waals surface area contributed by atoms with Crippen molar-refractivity contribution in [2.24, 2.45) is 0 Å². The molecule has 2 rings (SSSR count). The van der Waals surface area contributed by atoms with Crippen LogP contribution in [0.3, 0.4) is 0 Å². The van der Waals surface area contributed by atoms with Crippen LogP contribution in [0.2, 0.25) is 0 Å². The Balaban J connectivity index is 0.000000345. The third kappa shape index (κ3) is 6.89. The van der Waals surface area contributed by atoms with Crippen molar-refractivity contribution in [3.63, 3.8) is 0 Å². The Hall–Kier alpha value is -1.89. The maximum absolute atomic E-state index is 7.70. The molecule has 108 valence electrons. The molecule has 0 amide bonds. The molecule has 0 unspecified atom stereocenters. The predicted molar refractivity (Wildman–Crippen MR) is 91.5 cm³/mol. The van der Waals surface area contributed by atoms with Crippen molar-refractivity contribution in [1.29, 1.82) is 5.41 Å². The Morgan fingerprint density at radius 3 is 2.10 bits per heavy atom. The fourth-order valence-electron chi connectivity index (χ4n) is 1.55. The molecule has 0 atom stereocenters. The van der Waals surface area contributed by atoms with Crippen LogP contribution < -0.4 is 0 Å². The first-order valence-corrected chi connectivity index (χ1v) is 7.25. The molecule has 1 nitrogen and oxygen atoms in total. The molecule has 1 aliphatic carbocycles. The summed E-state index contributed by atoms with van der Waals surface area (Å²) in [5.74, 6) is 0. The first-order chi connectivity index (χ1) is 9.65. The SMILES string of the molecule is C/C=C(/C)C(=N)C1=CCC=C1.CC.Cc1ccccc1. The quantitative estimate of drug-likeness (QED) is 0.648. The van der Waals surface area contributed by atoms with Gasteiger partial charge in [-0.15, -0.1) is 0 Å². The summed E-state index contributed by atoms with van der Waals surface area (Å²) in [5, 5.41) is 7.70. The third-order valence-electron chi connectivity index (χ3n) is 2.83. The van der Waals surface area contributed by atoms with Gasteiger partial charge in [0.2, 0.25) is 0 Å². The Kier molecular flexibility index (Phi) is 9.94. The van der Waals surface area contributed by atoms with E-state index in [9.17, 15) is 0 Å². The van der Waals surface area contributed by atoms with Crippen LogP contribution in [0.15, 0.2) is 65.8 Å². The molecule has 1 heteroatoms. The van der Waals surface area contributed by atoms with E-state index in [2.05, 4.69) is 31.2 Å². The summed E-state index contributed by atoms with van der Waals surface area (Å²) in [4.78, 5) is 0. The lowest BCUT2D eigenvalue weighted by molar-refractivity contribution is 1.40. The summed E-state index contributed by atoms with van der Waals surface area (Å²) in [6.45, 7) is 10.0. The molecule has 0 bridgehead atoms. The first kappa shape index (κ1) is 18.1. The summed E-state index contributed by atoms with van der Waals surface area (Å²) in [6, 6.07) is 10.3. The average molecular weight is 269 g/mol. The molecule has 1 aromatic carbocycles. The molecule has 0 aromatic heterocycles. The topological polar surface area (TPSA) is 23.9 Å². The van der Waals surface area contributed by atoms with Crippen molar-refractivity contribution >= 4 is 5.71 Å². The number of aryl methyl sites for hydroxylation is 1. The molecule has 0 fully saturated rings. The van der Waals surface area contributed by atoms with Crippen LogP contribution in [0.4, 0.5) is 0 Å². The molecule has 1 aliphatic rings. The van der Waals surface area contributed by atoms with E-state index >= 15 is 0 Å². The molecule has 0 saturated carbocycles. The van der Waals surface area contributed by atoms with E-state index in [0.717, 1.165) is 17.6 Å². The summed E-state index contributed by atoms with van der Waals surface area (Å²) in [6.07, 6.45) is 9.11. The predicted octanol–water partition coefficient (Wildman–Crippen LogP) is 5.88. The minimum Gasteiger partial charge on any atom is -0.300 e. The van der Waals surface area contributed by atoms with E-state index in [1.165, 1.54) is 5.56 Å². The molecule has 1 aromatic rings. The zero-order valence-corrected chi connectivity index (χ0v) is 13.4. The van der Waals surface area contributed by atoms with Gasteiger partial charge >= 0.3 is 0 Å². The number of hydrogen-bond acceptors (Lipinski definition) is 1. The maximum atomic E-state index is 7.70. The van der Waals surface area contributed by atoms with Gasteiger partial charge < -0.3 is 5.41 Å². The lowest BCUT2D eigenvalue weighted by atomic mass is 10.1. The Bertz CT molecular complexity index is 476. The highest BCUT2D eigenvalue weighted by molar-refractivity contribution is 6.11. The Morgan fingerprint density at radius 1 is 1.15 bits per heavy atom. The van der Waals surface area contributed by atoms with Crippen molar-refractivity contribution in [3.8, 4) is 0 Å². The van der Waals surface area contributed by atoms with E-state index in [0.29, 0.717) is 5.71 Å². The third-order valence-corrected chi connectivity index (χ3v) is 2.83. The summed E-state index contributed by atoms with van der Waals surface area (Å²) >= 11 is 0. The van der Waals surface area contributed by atoms with Crippen LogP contribution in [0, 0.1) is 12.3 Å². The minimum atomic E-state index is 0.654. The number of rotatable bonds is 2. The zero-order valence-electron chi connectivity index (χ0n) is 13.4. The number of allylic oxidation sites excluding steroid dienone is 6. The highest BCUT2D eigenvalue weighted by Gasteiger charge is 2.05. The normalized spacial score (nSPS) is 12.7. The maximum Gasteiger partial charge on any atom is 0.0634 e. The van der Waals surface area contributed by atoms with Gasteiger partial charge in [0.05, 0.1) is 5.71 Å². The van der Waals surface area contributed by atoms with Crippen molar-refractivity contribution in [2.75, 3.05) is 0 Å². The standard InChI is InChI=1S/C10H13N.C7H8.C2H6/c1-3-8(2)10(11)9-6-4-5-7-9;1-7-5-3-2-4-6-7;1-2/h3-4,6-7,11H,5H2,1-2H3;2-6H,1H3;1-2H3/b8-3-,11-10?;;. The van der Waals surface area contributed by atoms with Gasteiger partial charge in [-0.05, 0) is 38.3 Å². The minimum absolute atomic E-state index is 0.654. The van der Waals surface area contributed by atoms with Crippen molar-refractivity contribution in [3.05, 3.63) is 71.3 Å². The number of nitrogens with one attached hydrogen (secondary N) is 1. The smallest absolute Gasteiger partial charge is 0.0634 e. The average Bonchev–Trinajstić information content (AvgIpc) is 3.03. The van der Waals surface area contributed by atoms with Crippen LogP contribution in [0.1, 0.15) is 39.7 Å². The van der Waals surface area contributed by atoms with Gasteiger partial charge in [-0.2, -0.15) is 0 Å². The zero-order chi connectivity index (χ0) is 15.4. The van der Waals surface area contributed by atoms with Crippen molar-refractivity contribution < 1.29 is 0 Å². The fourth-order valence-corrected chi connectivity index (χ4v) is 1.55. The molecule has 0 radical (unpaired) electrons. The van der Waals surface area contributed by atoms with Gasteiger partial charge in [0, 0.05) is 0 Å². The van der Waals surface area contributed by atoms with Gasteiger partial charge in [0.25, 0.3) is 0 Å². The second-order valence-electron chi connectivity index (χ2n) is 4.30. The van der Waals surface area contributed by atoms with Crippen LogP contribution in [-0.2, 0) is 0 Å². The molecular formula is C19H27N. The van der Waals surface area contributed by atoms with Crippen molar-refractivity contribution in [1.82, 2.24) is 0 Å².